The molecule has 0 saturated heterocycles. The van der Waals surface area contributed by atoms with E-state index >= 15 is 0 Å². The summed E-state index contributed by atoms with van der Waals surface area (Å²) in [4.78, 5) is 13.1. The summed E-state index contributed by atoms with van der Waals surface area (Å²) in [6.45, 7) is 10.3. The third-order valence-corrected chi connectivity index (χ3v) is 4.79. The highest BCUT2D eigenvalue weighted by atomic mass is 16.5. The van der Waals surface area contributed by atoms with Gasteiger partial charge in [-0.2, -0.15) is 4.52 Å². The van der Waals surface area contributed by atoms with E-state index in [-0.39, 0.29) is 36.6 Å². The molecule has 0 radical (unpaired) electrons. The van der Waals surface area contributed by atoms with Crippen molar-refractivity contribution in [3.05, 3.63) is 46.6 Å². The number of carbonyl (C=O) groups excluding carboxylic acids is 1. The van der Waals surface area contributed by atoms with Gasteiger partial charge in [-0.1, -0.05) is 20.8 Å². The van der Waals surface area contributed by atoms with Gasteiger partial charge >= 0.3 is 0 Å². The summed E-state index contributed by atoms with van der Waals surface area (Å²) < 4.78 is 13.7. The minimum atomic E-state index is -0.204. The van der Waals surface area contributed by atoms with Crippen molar-refractivity contribution in [1.29, 1.82) is 5.41 Å². The number of carbonyl (C=O) groups is 1. The van der Waals surface area contributed by atoms with E-state index in [0.29, 0.717) is 29.4 Å². The van der Waals surface area contributed by atoms with E-state index < -0.39 is 0 Å². The van der Waals surface area contributed by atoms with E-state index in [4.69, 9.17) is 20.0 Å². The molecule has 9 heteroatoms. The monoisotopic (exact) mass is 427 g/mol. The fourth-order valence-corrected chi connectivity index (χ4v) is 3.13. The second kappa shape index (κ2) is 8.89. The highest BCUT2D eigenvalue weighted by Gasteiger charge is 2.20. The first-order chi connectivity index (χ1) is 14.6. The van der Waals surface area contributed by atoms with E-state index in [1.54, 1.807) is 12.1 Å². The second-order valence-electron chi connectivity index (χ2n) is 8.31. The zero-order valence-corrected chi connectivity index (χ0v) is 18.6. The molecule has 166 valence electrons. The number of aromatic nitrogens is 4. The molecular formula is C22H29N5O4. The summed E-state index contributed by atoms with van der Waals surface area (Å²) in [5, 5.41) is 26.2. The average molecular weight is 428 g/mol. The molecule has 2 N–H and O–H groups in total. The number of aliphatic hydroxyl groups excluding tert-OH is 1. The van der Waals surface area contributed by atoms with Crippen LogP contribution in [-0.2, 0) is 12.0 Å². The maximum atomic E-state index is 13.1. The van der Waals surface area contributed by atoms with Crippen LogP contribution in [0.2, 0.25) is 0 Å². The van der Waals surface area contributed by atoms with Gasteiger partial charge in [0.25, 0.3) is 0 Å². The number of aryl methyl sites for hydroxylation is 1. The van der Waals surface area contributed by atoms with E-state index in [1.807, 2.05) is 26.0 Å². The topological polar surface area (TPSA) is 115 Å². The normalized spacial score (nSPS) is 11.7. The zero-order chi connectivity index (χ0) is 22.8. The fraction of sp³-hybridized carbons (Fsp3) is 0.455. The molecule has 0 amide bonds. The van der Waals surface area contributed by atoms with E-state index in [0.717, 1.165) is 11.1 Å². The molecule has 0 saturated carbocycles. The first kappa shape index (κ1) is 22.5. The Morgan fingerprint density at radius 1 is 1.16 bits per heavy atom. The van der Waals surface area contributed by atoms with Gasteiger partial charge in [0.15, 0.2) is 11.4 Å². The number of fused-ring (bicyclic) bond motifs is 1. The van der Waals surface area contributed by atoms with E-state index in [1.165, 1.54) is 9.20 Å². The van der Waals surface area contributed by atoms with E-state index in [9.17, 15) is 4.79 Å². The van der Waals surface area contributed by atoms with Crippen LogP contribution in [0.25, 0.3) is 5.65 Å². The summed E-state index contributed by atoms with van der Waals surface area (Å²) in [6.07, 6.45) is 0. The van der Waals surface area contributed by atoms with Crippen LogP contribution in [0.4, 0.5) is 0 Å². The maximum Gasteiger partial charge on any atom is 0.242 e. The zero-order valence-electron chi connectivity index (χ0n) is 18.6. The maximum absolute atomic E-state index is 13.1. The molecule has 0 aliphatic heterocycles. The lowest BCUT2D eigenvalue weighted by Gasteiger charge is -2.21. The molecule has 2 heterocycles. The molecule has 2 aromatic heterocycles. The predicted octanol–water partition coefficient (Wildman–Crippen LogP) is 2.27. The van der Waals surface area contributed by atoms with Crippen LogP contribution in [0, 0.1) is 12.3 Å². The fourth-order valence-electron chi connectivity index (χ4n) is 3.13. The number of benzene rings is 1. The Kier molecular flexibility index (Phi) is 6.45. The number of ether oxygens (including phenoxy) is 2. The Morgan fingerprint density at radius 2 is 1.90 bits per heavy atom. The lowest BCUT2D eigenvalue weighted by molar-refractivity contribution is 0.0965. The van der Waals surface area contributed by atoms with Gasteiger partial charge in [-0.05, 0) is 43.0 Å². The summed E-state index contributed by atoms with van der Waals surface area (Å²) in [5.74, 6) is 0.722. The van der Waals surface area contributed by atoms with Gasteiger partial charge in [-0.3, -0.25) is 10.2 Å². The molecule has 0 aliphatic rings. The molecule has 3 aromatic rings. The standard InChI is InChI=1S/C22H29N5O4/c1-6-30-19-9-14(2)20-25-26(21(23)27(20)24-19)13-18(29)15-10-16(22(3,4)5)12-17(11-15)31-8-7-28/h9-12,23,28H,6-8,13H2,1-5H3. The van der Waals surface area contributed by atoms with Crippen molar-refractivity contribution in [3.63, 3.8) is 0 Å². The Morgan fingerprint density at radius 3 is 2.55 bits per heavy atom. The number of Topliss-reactive ketones (excluding diaryl/α,β-unsaturated/α-hetero) is 1. The number of ketones is 1. The molecule has 0 unspecified atom stereocenters. The van der Waals surface area contributed by atoms with Crippen molar-refractivity contribution in [3.8, 4) is 11.6 Å². The molecule has 0 fully saturated rings. The number of hydrogen-bond donors (Lipinski definition) is 2. The van der Waals surface area contributed by atoms with Crippen molar-refractivity contribution in [2.75, 3.05) is 19.8 Å². The highest BCUT2D eigenvalue weighted by Crippen LogP contribution is 2.28. The Labute approximate surface area is 180 Å². The van der Waals surface area contributed by atoms with Crippen LogP contribution < -0.4 is 15.1 Å². The van der Waals surface area contributed by atoms with Gasteiger partial charge < -0.3 is 14.6 Å². The molecule has 31 heavy (non-hydrogen) atoms. The molecule has 3 rings (SSSR count). The third kappa shape index (κ3) is 4.93. The lowest BCUT2D eigenvalue weighted by Crippen LogP contribution is -2.26. The van der Waals surface area contributed by atoms with E-state index in [2.05, 4.69) is 31.0 Å². The SMILES string of the molecule is CCOc1cc(C)c2nn(CC(=O)c3cc(OCCO)cc(C(C)(C)C)c3)c(=N)n2n1. The first-order valence-corrected chi connectivity index (χ1v) is 10.2. The van der Waals surface area contributed by atoms with Gasteiger partial charge in [-0.25, -0.2) is 4.68 Å². The predicted molar refractivity (Wildman–Crippen MR) is 115 cm³/mol. The largest absolute Gasteiger partial charge is 0.491 e. The van der Waals surface area contributed by atoms with Crippen LogP contribution in [-0.4, -0.2) is 50.1 Å². The number of nitrogens with one attached hydrogen (secondary N) is 1. The Balaban J connectivity index is 1.97. The van der Waals surface area contributed by atoms with Crippen LogP contribution in [0.3, 0.4) is 0 Å². The smallest absolute Gasteiger partial charge is 0.242 e. The van der Waals surface area contributed by atoms with Crippen LogP contribution in [0.5, 0.6) is 11.6 Å². The van der Waals surface area contributed by atoms with Gasteiger partial charge in [0.2, 0.25) is 11.5 Å². The highest BCUT2D eigenvalue weighted by molar-refractivity contribution is 5.96. The molecule has 0 atom stereocenters. The minimum absolute atomic E-state index is 0.0169. The summed E-state index contributed by atoms with van der Waals surface area (Å²) in [5.41, 5.74) is 2.49. The van der Waals surface area contributed by atoms with Gasteiger partial charge in [0, 0.05) is 17.2 Å². The van der Waals surface area contributed by atoms with Gasteiger partial charge in [-0.15, -0.1) is 10.2 Å². The number of rotatable bonds is 8. The quantitative estimate of drug-likeness (QED) is 0.533. The van der Waals surface area contributed by atoms with Crippen LogP contribution in [0.15, 0.2) is 24.3 Å². The Bertz CT molecular complexity index is 1160. The summed E-state index contributed by atoms with van der Waals surface area (Å²) >= 11 is 0. The number of nitrogens with zero attached hydrogens (tertiary/aromatic N) is 4. The average Bonchev–Trinajstić information content (AvgIpc) is 3.02. The minimum Gasteiger partial charge on any atom is -0.491 e. The van der Waals surface area contributed by atoms with Crippen molar-refractivity contribution in [2.45, 2.75) is 46.6 Å². The molecule has 1 aromatic carbocycles. The molecular weight excluding hydrogens is 398 g/mol. The molecule has 0 spiro atoms. The third-order valence-electron chi connectivity index (χ3n) is 4.79. The van der Waals surface area contributed by atoms with Crippen molar-refractivity contribution in [2.24, 2.45) is 0 Å². The van der Waals surface area contributed by atoms with Crippen molar-refractivity contribution >= 4 is 11.4 Å². The van der Waals surface area contributed by atoms with Crippen LogP contribution >= 0.6 is 0 Å². The lowest BCUT2D eigenvalue weighted by atomic mass is 9.85. The summed E-state index contributed by atoms with van der Waals surface area (Å²) in [6, 6.07) is 7.13. The van der Waals surface area contributed by atoms with Gasteiger partial charge in [0.05, 0.1) is 13.2 Å². The number of aliphatic hydroxyl groups is 1. The molecule has 9 nitrogen and oxygen atoms in total. The first-order valence-electron chi connectivity index (χ1n) is 10.2. The van der Waals surface area contributed by atoms with Crippen molar-refractivity contribution in [1.82, 2.24) is 19.4 Å². The Hall–Kier alpha value is -3.20. The summed E-state index contributed by atoms with van der Waals surface area (Å²) in [7, 11) is 0. The number of hydrogen-bond acceptors (Lipinski definition) is 7. The van der Waals surface area contributed by atoms with Crippen LogP contribution in [0.1, 0.15) is 49.2 Å². The second-order valence-corrected chi connectivity index (χ2v) is 8.31. The van der Waals surface area contributed by atoms with Gasteiger partial charge in [0.1, 0.15) is 18.9 Å². The van der Waals surface area contributed by atoms with Crippen molar-refractivity contribution < 1.29 is 19.4 Å². The molecule has 0 aliphatic carbocycles. The molecule has 0 bridgehead atoms.